The third-order valence-corrected chi connectivity index (χ3v) is 2.77. The Hall–Kier alpha value is -0.750. The highest BCUT2D eigenvalue weighted by molar-refractivity contribution is 5.78. The fourth-order valence-corrected chi connectivity index (χ4v) is 1.76. The third-order valence-electron chi connectivity index (χ3n) is 2.77. The lowest BCUT2D eigenvalue weighted by molar-refractivity contribution is -0.146. The van der Waals surface area contributed by atoms with Gasteiger partial charge in [0.05, 0.1) is 6.10 Å². The molecule has 4 nitrogen and oxygen atoms in total. The number of aliphatic carboxylic acids is 1. The number of carboxylic acids is 1. The van der Waals surface area contributed by atoms with Gasteiger partial charge in [-0.1, -0.05) is 0 Å². The number of carboxylic acid groups (broad SMARTS) is 1. The molecular formula is C11H19F2NO3. The summed E-state index contributed by atoms with van der Waals surface area (Å²) in [5.41, 5.74) is -1.11. The van der Waals surface area contributed by atoms with Crippen LogP contribution in [-0.2, 0) is 9.53 Å². The Bertz CT molecular complexity index is 271. The van der Waals surface area contributed by atoms with E-state index in [9.17, 15) is 13.6 Å². The lowest BCUT2D eigenvalue weighted by Gasteiger charge is -2.29. The van der Waals surface area contributed by atoms with Crippen molar-refractivity contribution in [2.24, 2.45) is 0 Å². The van der Waals surface area contributed by atoms with Gasteiger partial charge in [-0.2, -0.15) is 0 Å². The molecule has 0 aromatic rings. The molecular weight excluding hydrogens is 232 g/mol. The van der Waals surface area contributed by atoms with Crippen LogP contribution in [0, 0.1) is 0 Å². The first-order chi connectivity index (χ1) is 7.83. The molecule has 2 atom stereocenters. The zero-order chi connectivity index (χ0) is 13.1. The second kappa shape index (κ2) is 5.73. The predicted octanol–water partition coefficient (Wildman–Crippen LogP) is 1.64. The normalized spacial score (nSPS) is 21.2. The first-order valence-electron chi connectivity index (χ1n) is 5.74. The molecule has 2 N–H and O–H groups in total. The Morgan fingerprint density at radius 3 is 2.59 bits per heavy atom. The molecule has 1 rings (SSSR count). The van der Waals surface area contributed by atoms with E-state index in [0.29, 0.717) is 0 Å². The highest BCUT2D eigenvalue weighted by atomic mass is 19.3. The van der Waals surface area contributed by atoms with Gasteiger partial charge in [0.2, 0.25) is 0 Å². The number of hydrogen-bond donors (Lipinski definition) is 2. The molecule has 0 bridgehead atoms. The summed E-state index contributed by atoms with van der Waals surface area (Å²) in [4.78, 5) is 11.2. The second-order valence-corrected chi connectivity index (χ2v) is 4.80. The van der Waals surface area contributed by atoms with Gasteiger partial charge in [0.25, 0.3) is 6.43 Å². The summed E-state index contributed by atoms with van der Waals surface area (Å²) in [5, 5.41) is 12.2. The van der Waals surface area contributed by atoms with E-state index in [4.69, 9.17) is 9.84 Å². The maximum absolute atomic E-state index is 11.9. The van der Waals surface area contributed by atoms with Gasteiger partial charge in [-0.15, -0.1) is 0 Å². The topological polar surface area (TPSA) is 58.6 Å². The molecule has 1 aliphatic carbocycles. The molecule has 100 valence electrons. The Labute approximate surface area is 99.3 Å². The Morgan fingerprint density at radius 2 is 2.18 bits per heavy atom. The summed E-state index contributed by atoms with van der Waals surface area (Å²) in [6.07, 6.45) is -0.934. The lowest BCUT2D eigenvalue weighted by Crippen LogP contribution is -2.52. The van der Waals surface area contributed by atoms with Gasteiger partial charge in [-0.25, -0.2) is 8.78 Å². The number of nitrogens with one attached hydrogen (secondary N) is 1. The molecule has 1 saturated carbocycles. The zero-order valence-electron chi connectivity index (χ0n) is 10.1. The van der Waals surface area contributed by atoms with Crippen molar-refractivity contribution in [2.75, 3.05) is 6.61 Å². The fourth-order valence-electron chi connectivity index (χ4n) is 1.76. The number of rotatable bonds is 8. The van der Waals surface area contributed by atoms with E-state index in [-0.39, 0.29) is 12.5 Å². The number of hydrogen-bond acceptors (Lipinski definition) is 3. The zero-order valence-corrected chi connectivity index (χ0v) is 10.1. The molecule has 0 saturated heterocycles. The van der Waals surface area contributed by atoms with Crippen LogP contribution in [0.2, 0.25) is 0 Å². The van der Waals surface area contributed by atoms with E-state index in [1.165, 1.54) is 0 Å². The maximum atomic E-state index is 11.9. The molecule has 1 fully saturated rings. The molecule has 0 heterocycles. The Morgan fingerprint density at radius 1 is 1.59 bits per heavy atom. The summed E-state index contributed by atoms with van der Waals surface area (Å²) in [7, 11) is 0. The molecule has 17 heavy (non-hydrogen) atoms. The number of alkyl halides is 2. The first kappa shape index (κ1) is 14.3. The van der Waals surface area contributed by atoms with Crippen LogP contribution in [0.3, 0.4) is 0 Å². The lowest BCUT2D eigenvalue weighted by atomic mass is 9.94. The van der Waals surface area contributed by atoms with Crippen LogP contribution in [0.15, 0.2) is 0 Å². The van der Waals surface area contributed by atoms with E-state index in [1.807, 2.05) is 0 Å². The molecule has 0 aromatic heterocycles. The van der Waals surface area contributed by atoms with Crippen LogP contribution in [0.25, 0.3) is 0 Å². The molecule has 0 spiro atoms. The van der Waals surface area contributed by atoms with Crippen molar-refractivity contribution in [3.05, 3.63) is 0 Å². The van der Waals surface area contributed by atoms with Crippen LogP contribution >= 0.6 is 0 Å². The van der Waals surface area contributed by atoms with Gasteiger partial charge in [-0.3, -0.25) is 10.1 Å². The van der Waals surface area contributed by atoms with Crippen molar-refractivity contribution in [2.45, 2.75) is 57.2 Å². The second-order valence-electron chi connectivity index (χ2n) is 4.80. The molecule has 0 aliphatic heterocycles. The molecule has 0 aromatic carbocycles. The van der Waals surface area contributed by atoms with Crippen molar-refractivity contribution in [3.63, 3.8) is 0 Å². The van der Waals surface area contributed by atoms with Crippen molar-refractivity contribution in [3.8, 4) is 0 Å². The average molecular weight is 251 g/mol. The third kappa shape index (κ3) is 4.95. The maximum Gasteiger partial charge on any atom is 0.323 e. The standard InChI is InChI=1S/C11H19F2NO3/c1-7(17-6-9(12)13)5-11(2,10(15)16)14-8-3-4-8/h7-9,14H,3-6H2,1-2H3,(H,15,16). The smallest absolute Gasteiger partial charge is 0.323 e. The quantitative estimate of drug-likeness (QED) is 0.688. The summed E-state index contributed by atoms with van der Waals surface area (Å²) in [5.74, 6) is -0.975. The number of ether oxygens (including phenoxy) is 1. The van der Waals surface area contributed by atoms with Crippen LogP contribution in [-0.4, -0.2) is 41.8 Å². The molecule has 0 amide bonds. The number of carbonyl (C=O) groups is 1. The number of halogens is 2. The van der Waals surface area contributed by atoms with E-state index >= 15 is 0 Å². The van der Waals surface area contributed by atoms with Gasteiger partial charge < -0.3 is 9.84 Å². The predicted molar refractivity (Wildman–Crippen MR) is 58.2 cm³/mol. The SMILES string of the molecule is CC(CC(C)(NC1CC1)C(=O)O)OCC(F)F. The van der Waals surface area contributed by atoms with Gasteiger partial charge in [-0.05, 0) is 26.7 Å². The van der Waals surface area contributed by atoms with Gasteiger partial charge >= 0.3 is 5.97 Å². The summed E-state index contributed by atoms with van der Waals surface area (Å²) in [6.45, 7) is 2.52. The van der Waals surface area contributed by atoms with E-state index in [1.54, 1.807) is 13.8 Å². The monoisotopic (exact) mass is 251 g/mol. The van der Waals surface area contributed by atoms with E-state index in [2.05, 4.69) is 5.32 Å². The van der Waals surface area contributed by atoms with Gasteiger partial charge in [0.1, 0.15) is 12.1 Å². The van der Waals surface area contributed by atoms with Crippen molar-refractivity contribution in [1.29, 1.82) is 0 Å². The van der Waals surface area contributed by atoms with Crippen LogP contribution < -0.4 is 5.32 Å². The van der Waals surface area contributed by atoms with Crippen molar-refractivity contribution < 1.29 is 23.4 Å². The summed E-state index contributed by atoms with van der Waals surface area (Å²) >= 11 is 0. The summed E-state index contributed by atoms with van der Waals surface area (Å²) in [6, 6.07) is 0.235. The van der Waals surface area contributed by atoms with E-state index in [0.717, 1.165) is 12.8 Å². The van der Waals surface area contributed by atoms with Gasteiger partial charge in [0.15, 0.2) is 0 Å². The molecule has 0 radical (unpaired) electrons. The average Bonchev–Trinajstić information content (AvgIpc) is 2.98. The van der Waals surface area contributed by atoms with Crippen molar-refractivity contribution >= 4 is 5.97 Å². The minimum Gasteiger partial charge on any atom is -0.480 e. The first-order valence-corrected chi connectivity index (χ1v) is 5.74. The fraction of sp³-hybridized carbons (Fsp3) is 0.909. The van der Waals surface area contributed by atoms with Crippen LogP contribution in [0.1, 0.15) is 33.1 Å². The van der Waals surface area contributed by atoms with Crippen molar-refractivity contribution in [1.82, 2.24) is 5.32 Å². The Kier molecular flexibility index (Phi) is 4.82. The molecule has 1 aliphatic rings. The van der Waals surface area contributed by atoms with Crippen LogP contribution in [0.4, 0.5) is 8.78 Å². The minimum atomic E-state index is -2.52. The largest absolute Gasteiger partial charge is 0.480 e. The van der Waals surface area contributed by atoms with Crippen LogP contribution in [0.5, 0.6) is 0 Å². The minimum absolute atomic E-state index is 0.172. The summed E-state index contributed by atoms with van der Waals surface area (Å²) < 4.78 is 28.8. The highest BCUT2D eigenvalue weighted by Gasteiger charge is 2.39. The molecule has 2 unspecified atom stereocenters. The highest BCUT2D eigenvalue weighted by Crippen LogP contribution is 2.25. The molecule has 6 heteroatoms. The van der Waals surface area contributed by atoms with E-state index < -0.39 is 30.6 Å². The van der Waals surface area contributed by atoms with Gasteiger partial charge in [0, 0.05) is 12.5 Å². The Balaban J connectivity index is 2.44.